The van der Waals surface area contributed by atoms with E-state index < -0.39 is 0 Å². The summed E-state index contributed by atoms with van der Waals surface area (Å²) in [6.07, 6.45) is 4.27. The van der Waals surface area contributed by atoms with Crippen LogP contribution in [0.2, 0.25) is 0 Å². The smallest absolute Gasteiger partial charge is 0.230 e. The second-order valence-corrected chi connectivity index (χ2v) is 4.42. The van der Waals surface area contributed by atoms with Crippen molar-refractivity contribution in [1.29, 1.82) is 0 Å². The van der Waals surface area contributed by atoms with Crippen LogP contribution >= 0.6 is 0 Å². The van der Waals surface area contributed by atoms with Crippen LogP contribution in [0.1, 0.15) is 12.0 Å². The summed E-state index contributed by atoms with van der Waals surface area (Å²) in [7, 11) is 0. The van der Waals surface area contributed by atoms with E-state index in [0.29, 0.717) is 18.7 Å². The molecule has 0 aliphatic rings. The molecule has 0 aliphatic heterocycles. The Morgan fingerprint density at radius 1 is 1.16 bits per heavy atom. The molecule has 0 unspecified atom stereocenters. The molecule has 0 spiro atoms. The molecular formula is C15H16FN2O+. The molecule has 4 heteroatoms. The normalized spacial score (nSPS) is 10.2. The average molecular weight is 259 g/mol. The van der Waals surface area contributed by atoms with Crippen LogP contribution in [0.15, 0.2) is 48.8 Å². The molecule has 1 heterocycles. The maximum absolute atomic E-state index is 12.7. The number of anilines is 1. The monoisotopic (exact) mass is 259 g/mol. The standard InChI is InChI=1S/C15H15FN2O/c1-12-6-9-18(10-7-12)11-8-15(19)17-14-4-2-13(16)3-5-14/h2-7,9-10H,8,11H2,1H3/p+1. The molecule has 98 valence electrons. The van der Waals surface area contributed by atoms with Crippen molar-refractivity contribution in [2.75, 3.05) is 5.32 Å². The number of hydrogen-bond donors (Lipinski definition) is 1. The Bertz CT molecular complexity index is 549. The van der Waals surface area contributed by atoms with E-state index in [0.717, 1.165) is 0 Å². The minimum absolute atomic E-state index is 0.0836. The van der Waals surface area contributed by atoms with Crippen LogP contribution in [-0.4, -0.2) is 5.91 Å². The van der Waals surface area contributed by atoms with Crippen LogP contribution in [0.3, 0.4) is 0 Å². The van der Waals surface area contributed by atoms with Gasteiger partial charge in [-0.25, -0.2) is 8.96 Å². The van der Waals surface area contributed by atoms with Gasteiger partial charge in [0.1, 0.15) is 5.82 Å². The number of halogens is 1. The van der Waals surface area contributed by atoms with Crippen molar-refractivity contribution in [3.05, 3.63) is 60.2 Å². The highest BCUT2D eigenvalue weighted by molar-refractivity contribution is 5.90. The van der Waals surface area contributed by atoms with E-state index in [4.69, 9.17) is 0 Å². The predicted molar refractivity (Wildman–Crippen MR) is 71.0 cm³/mol. The van der Waals surface area contributed by atoms with Crippen LogP contribution in [0.4, 0.5) is 10.1 Å². The lowest BCUT2D eigenvalue weighted by molar-refractivity contribution is -0.695. The van der Waals surface area contributed by atoms with Gasteiger partial charge in [0, 0.05) is 17.8 Å². The molecule has 1 aromatic heterocycles. The van der Waals surface area contributed by atoms with Crippen LogP contribution in [0.25, 0.3) is 0 Å². The number of aromatic nitrogens is 1. The molecule has 0 bridgehead atoms. The maximum Gasteiger partial charge on any atom is 0.230 e. The van der Waals surface area contributed by atoms with Gasteiger partial charge in [0.25, 0.3) is 0 Å². The van der Waals surface area contributed by atoms with Crippen molar-refractivity contribution in [1.82, 2.24) is 0 Å². The van der Waals surface area contributed by atoms with Gasteiger partial charge in [-0.1, -0.05) is 0 Å². The molecule has 2 rings (SSSR count). The second-order valence-electron chi connectivity index (χ2n) is 4.42. The highest BCUT2D eigenvalue weighted by Crippen LogP contribution is 2.08. The highest BCUT2D eigenvalue weighted by Gasteiger charge is 2.06. The Morgan fingerprint density at radius 2 is 1.79 bits per heavy atom. The first-order chi connectivity index (χ1) is 9.13. The van der Waals surface area contributed by atoms with Crippen molar-refractivity contribution < 1.29 is 13.8 Å². The van der Waals surface area contributed by atoms with E-state index >= 15 is 0 Å². The zero-order valence-electron chi connectivity index (χ0n) is 10.8. The molecule has 0 atom stereocenters. The van der Waals surface area contributed by atoms with Crippen molar-refractivity contribution in [3.8, 4) is 0 Å². The van der Waals surface area contributed by atoms with E-state index in [-0.39, 0.29) is 11.7 Å². The molecule has 0 aliphatic carbocycles. The number of nitrogens with zero attached hydrogens (tertiary/aromatic N) is 1. The summed E-state index contributed by atoms with van der Waals surface area (Å²) in [4.78, 5) is 11.7. The van der Waals surface area contributed by atoms with Gasteiger partial charge in [-0.05, 0) is 36.8 Å². The number of carbonyl (C=O) groups is 1. The lowest BCUT2D eigenvalue weighted by Gasteiger charge is -2.03. The fraction of sp³-hybridized carbons (Fsp3) is 0.200. The van der Waals surface area contributed by atoms with Gasteiger partial charge in [-0.2, -0.15) is 0 Å². The topological polar surface area (TPSA) is 33.0 Å². The Hall–Kier alpha value is -2.23. The molecule has 1 N–H and O–H groups in total. The summed E-state index contributed by atoms with van der Waals surface area (Å²) >= 11 is 0. The van der Waals surface area contributed by atoms with Crippen molar-refractivity contribution in [2.45, 2.75) is 19.9 Å². The Labute approximate surface area is 111 Å². The fourth-order valence-corrected chi connectivity index (χ4v) is 1.67. The molecule has 2 aromatic rings. The van der Waals surface area contributed by atoms with Crippen LogP contribution in [0.5, 0.6) is 0 Å². The van der Waals surface area contributed by atoms with Gasteiger partial charge in [-0.15, -0.1) is 0 Å². The van der Waals surface area contributed by atoms with Gasteiger partial charge in [0.05, 0.1) is 6.42 Å². The first-order valence-electron chi connectivity index (χ1n) is 6.14. The summed E-state index contributed by atoms with van der Waals surface area (Å²) in [6.45, 7) is 2.64. The number of aryl methyl sites for hydroxylation is 2. The van der Waals surface area contributed by atoms with Gasteiger partial charge >= 0.3 is 0 Å². The van der Waals surface area contributed by atoms with E-state index in [1.54, 1.807) is 12.1 Å². The molecule has 1 amide bonds. The number of carbonyl (C=O) groups excluding carboxylic acids is 1. The largest absolute Gasteiger partial charge is 0.326 e. The quantitative estimate of drug-likeness (QED) is 0.841. The van der Waals surface area contributed by atoms with Crippen molar-refractivity contribution in [2.24, 2.45) is 0 Å². The first-order valence-corrected chi connectivity index (χ1v) is 6.14. The third-order valence-electron chi connectivity index (χ3n) is 2.78. The SMILES string of the molecule is Cc1cc[n+](CCC(=O)Nc2ccc(F)cc2)cc1. The highest BCUT2D eigenvalue weighted by atomic mass is 19.1. The molecular weight excluding hydrogens is 243 g/mol. The number of nitrogens with one attached hydrogen (secondary N) is 1. The summed E-state index contributed by atoms with van der Waals surface area (Å²) in [5.74, 6) is -0.395. The first kappa shape index (κ1) is 13.2. The molecule has 0 radical (unpaired) electrons. The van der Waals surface area contributed by atoms with Crippen LogP contribution < -0.4 is 9.88 Å². The maximum atomic E-state index is 12.7. The summed E-state index contributed by atoms with van der Waals surface area (Å²) in [5.41, 5.74) is 1.80. The van der Waals surface area contributed by atoms with Crippen LogP contribution in [-0.2, 0) is 11.3 Å². The third kappa shape index (κ3) is 4.17. The zero-order chi connectivity index (χ0) is 13.7. The van der Waals surface area contributed by atoms with E-state index in [2.05, 4.69) is 5.32 Å². The average Bonchev–Trinajstić information content (AvgIpc) is 2.41. The summed E-state index contributed by atoms with van der Waals surface area (Å²) < 4.78 is 14.7. The summed E-state index contributed by atoms with van der Waals surface area (Å²) in [5, 5.41) is 2.73. The van der Waals surface area contributed by atoms with E-state index in [1.807, 2.05) is 36.0 Å². The Kier molecular flexibility index (Phi) is 4.23. The molecule has 0 saturated heterocycles. The van der Waals surface area contributed by atoms with Crippen LogP contribution in [0, 0.1) is 12.7 Å². The number of amides is 1. The van der Waals surface area contributed by atoms with Gasteiger partial charge < -0.3 is 5.32 Å². The lowest BCUT2D eigenvalue weighted by Crippen LogP contribution is -2.34. The third-order valence-corrected chi connectivity index (χ3v) is 2.78. The van der Waals surface area contributed by atoms with E-state index in [9.17, 15) is 9.18 Å². The number of rotatable bonds is 4. The van der Waals surface area contributed by atoms with Gasteiger partial charge in [-0.3, -0.25) is 4.79 Å². The molecule has 19 heavy (non-hydrogen) atoms. The molecule has 0 fully saturated rings. The fourth-order valence-electron chi connectivity index (χ4n) is 1.67. The molecule has 3 nitrogen and oxygen atoms in total. The van der Waals surface area contributed by atoms with Crippen molar-refractivity contribution >= 4 is 11.6 Å². The minimum Gasteiger partial charge on any atom is -0.326 e. The number of hydrogen-bond acceptors (Lipinski definition) is 1. The number of pyridine rings is 1. The zero-order valence-corrected chi connectivity index (χ0v) is 10.8. The predicted octanol–water partition coefficient (Wildman–Crippen LogP) is 2.45. The van der Waals surface area contributed by atoms with Gasteiger partial charge in [0.2, 0.25) is 5.91 Å². The minimum atomic E-state index is -0.312. The van der Waals surface area contributed by atoms with Crippen molar-refractivity contribution in [3.63, 3.8) is 0 Å². The molecule has 1 aromatic carbocycles. The summed E-state index contributed by atoms with van der Waals surface area (Å²) in [6, 6.07) is 9.74. The van der Waals surface area contributed by atoms with E-state index in [1.165, 1.54) is 17.7 Å². The second kappa shape index (κ2) is 6.09. The number of benzene rings is 1. The van der Waals surface area contributed by atoms with Gasteiger partial charge in [0.15, 0.2) is 18.9 Å². The molecule has 0 saturated carbocycles. The lowest BCUT2D eigenvalue weighted by atomic mass is 10.3. The Morgan fingerprint density at radius 3 is 2.42 bits per heavy atom. The Balaban J connectivity index is 1.84.